The van der Waals surface area contributed by atoms with E-state index in [-0.39, 0.29) is 29.9 Å². The van der Waals surface area contributed by atoms with Gasteiger partial charge in [-0.15, -0.1) is 0 Å². The van der Waals surface area contributed by atoms with Crippen molar-refractivity contribution in [3.8, 4) is 11.3 Å². The number of hydrogen-bond acceptors (Lipinski definition) is 5. The van der Waals surface area contributed by atoms with Gasteiger partial charge >= 0.3 is 0 Å². The van der Waals surface area contributed by atoms with Crippen molar-refractivity contribution in [3.05, 3.63) is 99.6 Å². The lowest BCUT2D eigenvalue weighted by Gasteiger charge is -2.23. The molecule has 0 spiro atoms. The van der Waals surface area contributed by atoms with Crippen LogP contribution in [0.2, 0.25) is 5.02 Å². The lowest BCUT2D eigenvalue weighted by molar-refractivity contribution is 0.0627. The molecule has 4 aromatic rings. The summed E-state index contributed by atoms with van der Waals surface area (Å²) in [4.78, 5) is 40.4. The van der Waals surface area contributed by atoms with E-state index in [9.17, 15) is 23.2 Å². The number of benzene rings is 2. The number of amides is 3. The van der Waals surface area contributed by atoms with Crippen molar-refractivity contribution in [2.24, 2.45) is 0 Å². The largest absolute Gasteiger partial charge is 0.455 e. The minimum absolute atomic E-state index is 0.0170. The maximum atomic E-state index is 13.9. The third-order valence-corrected chi connectivity index (χ3v) is 7.22. The number of nitrogens with one attached hydrogen (secondary N) is 1. The minimum atomic E-state index is -1.04. The SMILES string of the molecule is O=C(N[C@@H](Cc1ccc(F)c(F)c1)CN1C(=O)c2ccccc2C1=O)c1cc2c(o1)CCCn1ncc(Cl)c1-2. The Hall–Kier alpha value is -4.31. The highest BCUT2D eigenvalue weighted by molar-refractivity contribution is 6.33. The number of aromatic nitrogens is 2. The minimum Gasteiger partial charge on any atom is -0.455 e. The van der Waals surface area contributed by atoms with E-state index in [1.165, 1.54) is 6.07 Å². The Morgan fingerprint density at radius 2 is 1.79 bits per heavy atom. The monoisotopic (exact) mass is 550 g/mol. The summed E-state index contributed by atoms with van der Waals surface area (Å²) < 4.78 is 35.1. The Bertz CT molecular complexity index is 1610. The summed E-state index contributed by atoms with van der Waals surface area (Å²) in [5, 5.41) is 7.54. The van der Waals surface area contributed by atoms with Gasteiger partial charge in [-0.3, -0.25) is 24.0 Å². The Morgan fingerprint density at radius 1 is 1.05 bits per heavy atom. The van der Waals surface area contributed by atoms with Crippen LogP contribution in [0.3, 0.4) is 0 Å². The van der Waals surface area contributed by atoms with E-state index >= 15 is 0 Å². The lowest BCUT2D eigenvalue weighted by Crippen LogP contribution is -2.46. The normalized spacial score (nSPS) is 15.0. The van der Waals surface area contributed by atoms with E-state index in [1.807, 2.05) is 0 Å². The molecule has 4 heterocycles. The number of halogens is 3. The van der Waals surface area contributed by atoms with Gasteiger partial charge in [0.15, 0.2) is 17.4 Å². The Labute approximate surface area is 226 Å². The summed E-state index contributed by atoms with van der Waals surface area (Å²) in [7, 11) is 0. The predicted octanol–water partition coefficient (Wildman–Crippen LogP) is 4.66. The fourth-order valence-corrected chi connectivity index (χ4v) is 5.35. The molecule has 0 saturated heterocycles. The second kappa shape index (κ2) is 9.77. The number of carbonyl (C=O) groups excluding carboxylic acids is 3. The zero-order chi connectivity index (χ0) is 27.3. The van der Waals surface area contributed by atoms with Gasteiger partial charge in [-0.25, -0.2) is 8.78 Å². The van der Waals surface area contributed by atoms with Crippen LogP contribution in [0.25, 0.3) is 11.3 Å². The fourth-order valence-electron chi connectivity index (χ4n) is 5.11. The molecular weight excluding hydrogens is 530 g/mol. The average molecular weight is 551 g/mol. The Balaban J connectivity index is 1.29. The molecule has 6 rings (SSSR count). The van der Waals surface area contributed by atoms with Crippen LogP contribution >= 0.6 is 11.6 Å². The van der Waals surface area contributed by atoms with Crippen LogP contribution < -0.4 is 5.32 Å². The molecule has 0 saturated carbocycles. The standard InChI is InChI=1S/C28H21ClF2N4O4/c29-20-13-32-35-9-3-6-23-19(25(20)35)12-24(39-23)26(36)33-16(10-15-7-8-21(30)22(31)11-15)14-34-27(37)17-4-1-2-5-18(17)28(34)38/h1-2,4-5,7-8,11-13,16H,3,6,9-10,14H2,(H,33,36)/t16-/m0/s1. The van der Waals surface area contributed by atoms with Gasteiger partial charge in [0.05, 0.1) is 34.1 Å². The van der Waals surface area contributed by atoms with Gasteiger partial charge < -0.3 is 9.73 Å². The van der Waals surface area contributed by atoms with Crippen molar-refractivity contribution in [2.75, 3.05) is 6.54 Å². The van der Waals surface area contributed by atoms with Crippen LogP contribution in [0.4, 0.5) is 8.78 Å². The van der Waals surface area contributed by atoms with Crippen molar-refractivity contribution in [2.45, 2.75) is 31.8 Å². The zero-order valence-corrected chi connectivity index (χ0v) is 21.2. The first-order valence-corrected chi connectivity index (χ1v) is 12.7. The molecule has 11 heteroatoms. The first-order valence-electron chi connectivity index (χ1n) is 12.3. The van der Waals surface area contributed by atoms with Gasteiger partial charge in [0.1, 0.15) is 5.76 Å². The molecular formula is C28H21ClF2N4O4. The highest BCUT2D eigenvalue weighted by Gasteiger charge is 2.37. The van der Waals surface area contributed by atoms with Gasteiger partial charge in [0.2, 0.25) is 0 Å². The summed E-state index contributed by atoms with van der Waals surface area (Å²) in [5.41, 5.74) is 2.24. The molecule has 2 aliphatic rings. The van der Waals surface area contributed by atoms with Crippen LogP contribution in [-0.2, 0) is 19.4 Å². The second-order valence-corrected chi connectivity index (χ2v) is 9.91. The fraction of sp³-hybridized carbons (Fsp3) is 0.214. The summed E-state index contributed by atoms with van der Waals surface area (Å²) in [5.74, 6) is -3.01. The van der Waals surface area contributed by atoms with Gasteiger partial charge in [-0.2, -0.15) is 5.10 Å². The van der Waals surface area contributed by atoms with E-state index < -0.39 is 35.4 Å². The molecule has 8 nitrogen and oxygen atoms in total. The van der Waals surface area contributed by atoms with E-state index in [2.05, 4.69) is 10.4 Å². The van der Waals surface area contributed by atoms with Crippen molar-refractivity contribution in [1.82, 2.24) is 20.0 Å². The maximum Gasteiger partial charge on any atom is 0.287 e. The topological polar surface area (TPSA) is 97.4 Å². The van der Waals surface area contributed by atoms with Gasteiger partial charge in [-0.05, 0) is 48.7 Å². The average Bonchev–Trinajstić information content (AvgIpc) is 3.53. The van der Waals surface area contributed by atoms with E-state index in [0.717, 1.165) is 23.5 Å². The molecule has 0 fully saturated rings. The smallest absolute Gasteiger partial charge is 0.287 e. The Morgan fingerprint density at radius 3 is 2.51 bits per heavy atom. The Kier molecular flexibility index (Phi) is 6.26. The van der Waals surface area contributed by atoms with Gasteiger partial charge in [0.25, 0.3) is 17.7 Å². The molecule has 1 atom stereocenters. The molecule has 3 amide bonds. The number of nitrogens with zero attached hydrogens (tertiary/aromatic N) is 3. The number of furan rings is 1. The molecule has 0 aliphatic carbocycles. The lowest BCUT2D eigenvalue weighted by atomic mass is 10.0. The summed E-state index contributed by atoms with van der Waals surface area (Å²) in [6.45, 7) is 0.473. The van der Waals surface area contributed by atoms with Crippen LogP contribution in [-0.4, -0.2) is 45.0 Å². The molecule has 2 aromatic heterocycles. The number of rotatable bonds is 6. The number of aryl methyl sites for hydroxylation is 2. The zero-order valence-electron chi connectivity index (χ0n) is 20.4. The van der Waals surface area contributed by atoms with E-state index in [1.54, 1.807) is 41.2 Å². The van der Waals surface area contributed by atoms with Gasteiger partial charge in [-0.1, -0.05) is 29.8 Å². The molecule has 0 unspecified atom stereocenters. The third kappa shape index (κ3) is 4.50. The molecule has 2 aromatic carbocycles. The van der Waals surface area contributed by atoms with E-state index in [0.29, 0.717) is 40.6 Å². The maximum absolute atomic E-state index is 13.9. The number of hydrogen-bond donors (Lipinski definition) is 1. The van der Waals surface area contributed by atoms with Crippen LogP contribution in [0.15, 0.2) is 59.1 Å². The number of carbonyl (C=O) groups is 3. The van der Waals surface area contributed by atoms with Crippen LogP contribution in [0.1, 0.15) is 49.0 Å². The first kappa shape index (κ1) is 25.0. The van der Waals surface area contributed by atoms with Crippen molar-refractivity contribution < 1.29 is 27.6 Å². The highest BCUT2D eigenvalue weighted by Crippen LogP contribution is 2.36. The van der Waals surface area contributed by atoms with E-state index in [4.69, 9.17) is 16.0 Å². The summed E-state index contributed by atoms with van der Waals surface area (Å²) in [6.07, 6.45) is 2.88. The molecule has 1 N–H and O–H groups in total. The van der Waals surface area contributed by atoms with Crippen molar-refractivity contribution in [3.63, 3.8) is 0 Å². The highest BCUT2D eigenvalue weighted by atomic mass is 35.5. The molecule has 39 heavy (non-hydrogen) atoms. The second-order valence-electron chi connectivity index (χ2n) is 9.50. The van der Waals surface area contributed by atoms with Crippen LogP contribution in [0.5, 0.6) is 0 Å². The third-order valence-electron chi connectivity index (χ3n) is 6.94. The first-order chi connectivity index (χ1) is 18.8. The summed E-state index contributed by atoms with van der Waals surface area (Å²) in [6, 6.07) is 10.6. The molecule has 198 valence electrons. The molecule has 0 bridgehead atoms. The van der Waals surface area contributed by atoms with Gasteiger partial charge in [0, 0.05) is 25.1 Å². The summed E-state index contributed by atoms with van der Waals surface area (Å²) >= 11 is 6.35. The molecule has 0 radical (unpaired) electrons. The number of imide groups is 1. The quantitative estimate of drug-likeness (QED) is 0.352. The predicted molar refractivity (Wildman–Crippen MR) is 136 cm³/mol. The van der Waals surface area contributed by atoms with Crippen molar-refractivity contribution >= 4 is 29.3 Å². The van der Waals surface area contributed by atoms with Crippen LogP contribution in [0, 0.1) is 11.6 Å². The van der Waals surface area contributed by atoms with Crippen molar-refractivity contribution in [1.29, 1.82) is 0 Å². The molecule has 2 aliphatic heterocycles. The number of fused-ring (bicyclic) bond motifs is 4.